The van der Waals surface area contributed by atoms with E-state index in [2.05, 4.69) is 140 Å². The Hall–Kier alpha value is -5.53. The number of hydrogen-bond acceptors (Lipinski definition) is 3. The number of nitriles is 1. The van der Waals surface area contributed by atoms with E-state index in [-0.39, 0.29) is 0 Å². The van der Waals surface area contributed by atoms with Crippen LogP contribution in [0.2, 0.25) is 0 Å². The molecular weight excluding hydrogens is 595 g/mol. The SMILES string of the molecule is N#Cc1ccc(-c2cccc(-c3cccc4sc5ccccc5c34)c2-c2cccc3sc4ccccc4c23)c(-c2ccccc2)c1. The van der Waals surface area contributed by atoms with Gasteiger partial charge in [0, 0.05) is 40.3 Å². The molecule has 0 amide bonds. The molecule has 0 fully saturated rings. The van der Waals surface area contributed by atoms with Gasteiger partial charge in [-0.15, -0.1) is 22.7 Å². The average molecular weight is 620 g/mol. The third kappa shape index (κ3) is 4.19. The summed E-state index contributed by atoms with van der Waals surface area (Å²) in [5.41, 5.74) is 9.94. The van der Waals surface area contributed by atoms with E-state index >= 15 is 0 Å². The van der Waals surface area contributed by atoms with E-state index in [0.717, 1.165) is 22.3 Å². The highest BCUT2D eigenvalue weighted by Gasteiger charge is 2.22. The van der Waals surface area contributed by atoms with Crippen molar-refractivity contribution >= 4 is 63.0 Å². The van der Waals surface area contributed by atoms with Crippen molar-refractivity contribution in [3.8, 4) is 50.6 Å². The second-order valence-corrected chi connectivity index (χ2v) is 13.7. The molecule has 2 aromatic heterocycles. The van der Waals surface area contributed by atoms with Gasteiger partial charge in [0.15, 0.2) is 0 Å². The predicted molar refractivity (Wildman–Crippen MR) is 199 cm³/mol. The number of fused-ring (bicyclic) bond motifs is 6. The Bertz CT molecular complexity index is 2650. The van der Waals surface area contributed by atoms with Crippen molar-refractivity contribution in [1.29, 1.82) is 5.26 Å². The van der Waals surface area contributed by atoms with Gasteiger partial charge in [-0.3, -0.25) is 0 Å². The molecule has 0 aliphatic carbocycles. The van der Waals surface area contributed by atoms with Gasteiger partial charge in [-0.2, -0.15) is 5.26 Å². The second kappa shape index (κ2) is 10.8. The minimum absolute atomic E-state index is 0.653. The van der Waals surface area contributed by atoms with Crippen molar-refractivity contribution in [3.05, 3.63) is 157 Å². The molecular formula is C43H25NS2. The first-order valence-electron chi connectivity index (χ1n) is 15.3. The van der Waals surface area contributed by atoms with Gasteiger partial charge in [0.25, 0.3) is 0 Å². The number of benzene rings is 7. The zero-order chi connectivity index (χ0) is 30.6. The van der Waals surface area contributed by atoms with Gasteiger partial charge < -0.3 is 0 Å². The first-order valence-corrected chi connectivity index (χ1v) is 17.0. The van der Waals surface area contributed by atoms with Crippen molar-refractivity contribution in [2.45, 2.75) is 0 Å². The molecule has 1 nitrogen and oxygen atoms in total. The third-order valence-corrected chi connectivity index (χ3v) is 11.2. The zero-order valence-electron chi connectivity index (χ0n) is 24.7. The summed E-state index contributed by atoms with van der Waals surface area (Å²) < 4.78 is 5.16. The summed E-state index contributed by atoms with van der Waals surface area (Å²) in [4.78, 5) is 0. The normalized spacial score (nSPS) is 11.5. The van der Waals surface area contributed by atoms with Crippen LogP contribution in [0.3, 0.4) is 0 Å². The highest BCUT2D eigenvalue weighted by molar-refractivity contribution is 7.26. The summed E-state index contributed by atoms with van der Waals surface area (Å²) in [6, 6.07) is 56.6. The molecule has 0 saturated heterocycles. The monoisotopic (exact) mass is 619 g/mol. The number of rotatable bonds is 4. The first kappa shape index (κ1) is 26.8. The first-order chi connectivity index (χ1) is 22.8. The molecule has 0 N–H and O–H groups in total. The summed E-state index contributed by atoms with van der Waals surface area (Å²) in [6.45, 7) is 0. The molecule has 0 saturated carbocycles. The number of hydrogen-bond donors (Lipinski definition) is 0. The van der Waals surface area contributed by atoms with Gasteiger partial charge in [-0.25, -0.2) is 0 Å². The lowest BCUT2D eigenvalue weighted by atomic mass is 9.83. The minimum Gasteiger partial charge on any atom is -0.192 e. The lowest BCUT2D eigenvalue weighted by Crippen LogP contribution is -1.94. The smallest absolute Gasteiger partial charge is 0.0991 e. The van der Waals surface area contributed by atoms with E-state index in [1.165, 1.54) is 62.6 Å². The summed E-state index contributed by atoms with van der Waals surface area (Å²) in [7, 11) is 0. The molecule has 7 aromatic carbocycles. The Morgan fingerprint density at radius 2 is 0.913 bits per heavy atom. The van der Waals surface area contributed by atoms with Crippen LogP contribution in [-0.2, 0) is 0 Å². The predicted octanol–water partition coefficient (Wildman–Crippen LogP) is 13.0. The molecule has 0 aliphatic heterocycles. The molecule has 9 rings (SSSR count). The van der Waals surface area contributed by atoms with Crippen molar-refractivity contribution in [2.75, 3.05) is 0 Å². The maximum Gasteiger partial charge on any atom is 0.0991 e. The topological polar surface area (TPSA) is 23.8 Å². The molecule has 0 bridgehead atoms. The van der Waals surface area contributed by atoms with E-state index in [1.807, 2.05) is 40.9 Å². The number of thiophene rings is 2. The van der Waals surface area contributed by atoms with E-state index in [4.69, 9.17) is 0 Å². The standard InChI is InChI=1S/C43H25NS2/c44-26-27-23-24-29(36(25-27)28-11-2-1-3-12-28)30-15-8-16-31(32-17-9-21-39-42(32)33-13-4-6-19-37(33)45-39)41(30)35-18-10-22-40-43(35)34-14-5-7-20-38(34)46-40/h1-25H. The van der Waals surface area contributed by atoms with Crippen LogP contribution in [0.1, 0.15) is 5.56 Å². The minimum atomic E-state index is 0.653. The molecule has 0 aliphatic rings. The van der Waals surface area contributed by atoms with Crippen LogP contribution in [0.5, 0.6) is 0 Å². The van der Waals surface area contributed by atoms with Crippen LogP contribution in [0.25, 0.3) is 84.9 Å². The summed E-state index contributed by atoms with van der Waals surface area (Å²) in [5.74, 6) is 0. The van der Waals surface area contributed by atoms with Gasteiger partial charge in [0.05, 0.1) is 11.6 Å². The van der Waals surface area contributed by atoms with Gasteiger partial charge in [0.2, 0.25) is 0 Å². The maximum atomic E-state index is 9.91. The van der Waals surface area contributed by atoms with Crippen LogP contribution in [-0.4, -0.2) is 0 Å². The molecule has 0 spiro atoms. The molecule has 0 unspecified atom stereocenters. The van der Waals surface area contributed by atoms with E-state index in [1.54, 1.807) is 0 Å². The summed E-state index contributed by atoms with van der Waals surface area (Å²) >= 11 is 3.70. The molecule has 0 radical (unpaired) electrons. The van der Waals surface area contributed by atoms with Gasteiger partial charge in [-0.05, 0) is 80.9 Å². The largest absolute Gasteiger partial charge is 0.192 e. The van der Waals surface area contributed by atoms with Crippen molar-refractivity contribution in [1.82, 2.24) is 0 Å². The fraction of sp³-hybridized carbons (Fsp3) is 0. The zero-order valence-corrected chi connectivity index (χ0v) is 26.3. The second-order valence-electron chi connectivity index (χ2n) is 11.5. The molecule has 2 heterocycles. The Kier molecular flexibility index (Phi) is 6.31. The highest BCUT2D eigenvalue weighted by atomic mass is 32.1. The van der Waals surface area contributed by atoms with E-state index < -0.39 is 0 Å². The fourth-order valence-corrected chi connectivity index (χ4v) is 9.24. The molecule has 0 atom stereocenters. The van der Waals surface area contributed by atoms with Gasteiger partial charge >= 0.3 is 0 Å². The van der Waals surface area contributed by atoms with Crippen molar-refractivity contribution in [2.24, 2.45) is 0 Å². The van der Waals surface area contributed by atoms with E-state index in [9.17, 15) is 5.26 Å². The van der Waals surface area contributed by atoms with Crippen LogP contribution < -0.4 is 0 Å². The Morgan fingerprint density at radius 1 is 0.391 bits per heavy atom. The van der Waals surface area contributed by atoms with Crippen LogP contribution in [0, 0.1) is 11.3 Å². The molecule has 9 aromatic rings. The summed E-state index contributed by atoms with van der Waals surface area (Å²) in [5, 5.41) is 15.1. The average Bonchev–Trinajstić information content (AvgIpc) is 3.70. The quantitative estimate of drug-likeness (QED) is 0.192. The van der Waals surface area contributed by atoms with Crippen LogP contribution in [0.4, 0.5) is 0 Å². The molecule has 214 valence electrons. The maximum absolute atomic E-state index is 9.91. The van der Waals surface area contributed by atoms with Crippen molar-refractivity contribution in [3.63, 3.8) is 0 Å². The summed E-state index contributed by atoms with van der Waals surface area (Å²) in [6.07, 6.45) is 0. The number of nitrogens with zero attached hydrogens (tertiary/aromatic N) is 1. The lowest BCUT2D eigenvalue weighted by molar-refractivity contribution is 1.48. The van der Waals surface area contributed by atoms with E-state index in [0.29, 0.717) is 5.56 Å². The van der Waals surface area contributed by atoms with Gasteiger partial charge in [-0.1, -0.05) is 115 Å². The third-order valence-electron chi connectivity index (χ3n) is 8.95. The highest BCUT2D eigenvalue weighted by Crippen LogP contribution is 2.50. The Labute approximate surface area is 274 Å². The molecule has 3 heteroatoms. The molecule has 46 heavy (non-hydrogen) atoms. The fourth-order valence-electron chi connectivity index (χ4n) is 6.98. The Balaban J connectivity index is 1.45. The van der Waals surface area contributed by atoms with Crippen LogP contribution >= 0.6 is 22.7 Å². The Morgan fingerprint density at radius 3 is 1.59 bits per heavy atom. The van der Waals surface area contributed by atoms with Crippen LogP contribution in [0.15, 0.2) is 152 Å². The lowest BCUT2D eigenvalue weighted by Gasteiger charge is -2.20. The van der Waals surface area contributed by atoms with Gasteiger partial charge in [0.1, 0.15) is 0 Å². The van der Waals surface area contributed by atoms with Crippen molar-refractivity contribution < 1.29 is 0 Å².